The summed E-state index contributed by atoms with van der Waals surface area (Å²) in [5, 5.41) is 0. The van der Waals surface area contributed by atoms with E-state index in [4.69, 9.17) is 9.47 Å². The summed E-state index contributed by atoms with van der Waals surface area (Å²) in [4.78, 5) is 27.2. The van der Waals surface area contributed by atoms with E-state index in [1.165, 1.54) is 0 Å². The highest BCUT2D eigenvalue weighted by Gasteiger charge is 2.50. The molecule has 5 nitrogen and oxygen atoms in total. The molecular weight excluding hydrogens is 330 g/mol. The molecule has 2 aliphatic rings. The molecule has 1 aromatic carbocycles. The second-order valence-electron chi connectivity index (χ2n) is 8.38. The molecule has 1 aromatic rings. The average molecular weight is 359 g/mol. The Bertz CT molecular complexity index is 637. The predicted octanol–water partition coefficient (Wildman–Crippen LogP) is 4.16. The zero-order valence-corrected chi connectivity index (χ0v) is 15.9. The number of carbonyl (C=O) groups excluding carboxylic acids is 2. The van der Waals surface area contributed by atoms with Crippen molar-refractivity contribution in [2.45, 2.75) is 64.7 Å². The SMILES string of the molecule is CC(C)(C)OC(=O)N1CC2CCCCC2C1C(=O)OCc1ccccc1. The second-order valence-corrected chi connectivity index (χ2v) is 8.38. The van der Waals surface area contributed by atoms with Crippen molar-refractivity contribution in [3.8, 4) is 0 Å². The van der Waals surface area contributed by atoms with Crippen LogP contribution < -0.4 is 0 Å². The Kier molecular flexibility index (Phi) is 5.54. The highest BCUT2D eigenvalue weighted by atomic mass is 16.6. The van der Waals surface area contributed by atoms with E-state index in [2.05, 4.69) is 0 Å². The van der Waals surface area contributed by atoms with Gasteiger partial charge in [-0.15, -0.1) is 0 Å². The molecule has 3 unspecified atom stereocenters. The first-order valence-electron chi connectivity index (χ1n) is 9.55. The molecular formula is C21H29NO4. The van der Waals surface area contributed by atoms with Gasteiger partial charge in [-0.3, -0.25) is 4.90 Å². The summed E-state index contributed by atoms with van der Waals surface area (Å²) in [6, 6.07) is 9.10. The number of rotatable bonds is 3. The zero-order chi connectivity index (χ0) is 18.7. The lowest BCUT2D eigenvalue weighted by Crippen LogP contribution is -2.46. The van der Waals surface area contributed by atoms with Gasteiger partial charge in [-0.1, -0.05) is 43.2 Å². The van der Waals surface area contributed by atoms with Crippen LogP contribution in [0.3, 0.4) is 0 Å². The second kappa shape index (κ2) is 7.68. The Morgan fingerprint density at radius 2 is 1.81 bits per heavy atom. The van der Waals surface area contributed by atoms with Crippen LogP contribution in [0, 0.1) is 11.8 Å². The van der Waals surface area contributed by atoms with Gasteiger partial charge in [0.25, 0.3) is 0 Å². The molecule has 0 bridgehead atoms. The number of fused-ring (bicyclic) bond motifs is 1. The fraction of sp³-hybridized carbons (Fsp3) is 0.619. The van der Waals surface area contributed by atoms with Crippen LogP contribution in [-0.2, 0) is 20.9 Å². The Labute approximate surface area is 155 Å². The van der Waals surface area contributed by atoms with Gasteiger partial charge < -0.3 is 9.47 Å². The molecule has 1 amide bonds. The lowest BCUT2D eigenvalue weighted by Gasteiger charge is -2.30. The summed E-state index contributed by atoms with van der Waals surface area (Å²) in [7, 11) is 0. The molecule has 1 aliphatic carbocycles. The average Bonchev–Trinajstić information content (AvgIpc) is 2.99. The van der Waals surface area contributed by atoms with Crippen molar-refractivity contribution >= 4 is 12.1 Å². The molecule has 0 radical (unpaired) electrons. The quantitative estimate of drug-likeness (QED) is 0.761. The lowest BCUT2D eigenvalue weighted by atomic mass is 9.78. The molecule has 2 fully saturated rings. The standard InChI is InChI=1S/C21H29NO4/c1-21(2,3)26-20(24)22-13-16-11-7-8-12-17(16)18(22)19(23)25-14-15-9-5-4-6-10-15/h4-6,9-10,16-18H,7-8,11-14H2,1-3H3. The smallest absolute Gasteiger partial charge is 0.411 e. The molecule has 0 aromatic heterocycles. The monoisotopic (exact) mass is 359 g/mol. The molecule has 3 rings (SSSR count). The van der Waals surface area contributed by atoms with Crippen molar-refractivity contribution in [2.24, 2.45) is 11.8 Å². The van der Waals surface area contributed by atoms with Gasteiger partial charge in [0.1, 0.15) is 18.2 Å². The highest BCUT2D eigenvalue weighted by molar-refractivity contribution is 5.82. The largest absolute Gasteiger partial charge is 0.459 e. The Morgan fingerprint density at radius 1 is 1.12 bits per heavy atom. The topological polar surface area (TPSA) is 55.8 Å². The Morgan fingerprint density at radius 3 is 2.50 bits per heavy atom. The predicted molar refractivity (Wildman–Crippen MR) is 98.4 cm³/mol. The summed E-state index contributed by atoms with van der Waals surface area (Å²) < 4.78 is 11.1. The molecule has 1 heterocycles. The van der Waals surface area contributed by atoms with Crippen molar-refractivity contribution in [1.29, 1.82) is 0 Å². The van der Waals surface area contributed by atoms with Crippen molar-refractivity contribution in [1.82, 2.24) is 4.90 Å². The molecule has 1 saturated carbocycles. The van der Waals surface area contributed by atoms with Crippen LogP contribution >= 0.6 is 0 Å². The van der Waals surface area contributed by atoms with E-state index in [1.54, 1.807) is 4.90 Å². The Balaban J connectivity index is 1.72. The van der Waals surface area contributed by atoms with Crippen LogP contribution in [-0.4, -0.2) is 35.2 Å². The Hall–Kier alpha value is -2.04. The van der Waals surface area contributed by atoms with Gasteiger partial charge in [-0.25, -0.2) is 9.59 Å². The van der Waals surface area contributed by atoms with Crippen molar-refractivity contribution < 1.29 is 19.1 Å². The van der Waals surface area contributed by atoms with Gasteiger partial charge in [0.2, 0.25) is 0 Å². The number of nitrogens with zero attached hydrogens (tertiary/aromatic N) is 1. The third-order valence-corrected chi connectivity index (χ3v) is 5.23. The summed E-state index contributed by atoms with van der Waals surface area (Å²) in [5.74, 6) is 0.235. The van der Waals surface area contributed by atoms with Gasteiger partial charge in [-0.2, -0.15) is 0 Å². The zero-order valence-electron chi connectivity index (χ0n) is 15.9. The van der Waals surface area contributed by atoms with E-state index in [-0.39, 0.29) is 18.5 Å². The maximum Gasteiger partial charge on any atom is 0.411 e. The van der Waals surface area contributed by atoms with Gasteiger partial charge in [0.15, 0.2) is 0 Å². The number of likely N-dealkylation sites (tertiary alicyclic amines) is 1. The number of hydrogen-bond donors (Lipinski definition) is 0. The summed E-state index contributed by atoms with van der Waals surface area (Å²) in [6.07, 6.45) is 3.89. The van der Waals surface area contributed by atoms with Crippen molar-refractivity contribution in [3.63, 3.8) is 0 Å². The number of amides is 1. The summed E-state index contributed by atoms with van der Waals surface area (Å²) in [6.45, 7) is 6.35. The third kappa shape index (κ3) is 4.37. The molecule has 1 aliphatic heterocycles. The minimum absolute atomic E-state index is 0.180. The van der Waals surface area contributed by atoms with Crippen LogP contribution in [0.25, 0.3) is 0 Å². The van der Waals surface area contributed by atoms with Gasteiger partial charge in [0.05, 0.1) is 0 Å². The van der Waals surface area contributed by atoms with Gasteiger partial charge >= 0.3 is 12.1 Å². The minimum atomic E-state index is -0.580. The van der Waals surface area contributed by atoms with Crippen LogP contribution in [0.5, 0.6) is 0 Å². The van der Waals surface area contributed by atoms with Crippen LogP contribution in [0.2, 0.25) is 0 Å². The molecule has 1 saturated heterocycles. The third-order valence-electron chi connectivity index (χ3n) is 5.23. The summed E-state index contributed by atoms with van der Waals surface area (Å²) in [5.41, 5.74) is 0.367. The first kappa shape index (κ1) is 18.7. The van der Waals surface area contributed by atoms with Gasteiger partial charge in [-0.05, 0) is 51.0 Å². The van der Waals surface area contributed by atoms with E-state index in [0.717, 1.165) is 31.2 Å². The first-order valence-corrected chi connectivity index (χ1v) is 9.55. The molecule has 5 heteroatoms. The lowest BCUT2D eigenvalue weighted by molar-refractivity contribution is -0.151. The molecule has 0 spiro atoms. The maximum absolute atomic E-state index is 12.9. The van der Waals surface area contributed by atoms with E-state index >= 15 is 0 Å². The fourth-order valence-corrected chi connectivity index (χ4v) is 4.10. The number of esters is 1. The van der Waals surface area contributed by atoms with E-state index < -0.39 is 17.7 Å². The number of ether oxygens (including phenoxy) is 2. The van der Waals surface area contributed by atoms with E-state index in [1.807, 2.05) is 51.1 Å². The summed E-state index contributed by atoms with van der Waals surface area (Å²) >= 11 is 0. The molecule has 26 heavy (non-hydrogen) atoms. The normalized spacial score (nSPS) is 25.5. The minimum Gasteiger partial charge on any atom is -0.459 e. The fourth-order valence-electron chi connectivity index (χ4n) is 4.10. The molecule has 3 atom stereocenters. The van der Waals surface area contributed by atoms with Crippen molar-refractivity contribution in [3.05, 3.63) is 35.9 Å². The highest BCUT2D eigenvalue weighted by Crippen LogP contribution is 2.41. The maximum atomic E-state index is 12.9. The number of benzene rings is 1. The number of hydrogen-bond acceptors (Lipinski definition) is 4. The molecule has 142 valence electrons. The van der Waals surface area contributed by atoms with Crippen molar-refractivity contribution in [2.75, 3.05) is 6.54 Å². The van der Waals surface area contributed by atoms with Gasteiger partial charge in [0, 0.05) is 6.54 Å². The van der Waals surface area contributed by atoms with Crippen LogP contribution in [0.15, 0.2) is 30.3 Å². The first-order chi connectivity index (χ1) is 12.3. The number of carbonyl (C=O) groups is 2. The van der Waals surface area contributed by atoms with E-state index in [0.29, 0.717) is 12.5 Å². The van der Waals surface area contributed by atoms with Crippen LogP contribution in [0.4, 0.5) is 4.79 Å². The molecule has 0 N–H and O–H groups in total. The van der Waals surface area contributed by atoms with Crippen LogP contribution in [0.1, 0.15) is 52.0 Å². The van der Waals surface area contributed by atoms with E-state index in [9.17, 15) is 9.59 Å².